The van der Waals surface area contributed by atoms with Crippen molar-refractivity contribution in [3.8, 4) is 0 Å². The summed E-state index contributed by atoms with van der Waals surface area (Å²) in [6.45, 7) is 6.44. The highest BCUT2D eigenvalue weighted by molar-refractivity contribution is 5.97. The first kappa shape index (κ1) is 13.1. The molecule has 1 heterocycles. The predicted octanol–water partition coefficient (Wildman–Crippen LogP) is 2.11. The summed E-state index contributed by atoms with van der Waals surface area (Å²) >= 11 is 0. The molecule has 3 nitrogen and oxygen atoms in total. The second-order valence-electron chi connectivity index (χ2n) is 5.24. The number of amides is 1. The Kier molecular flexibility index (Phi) is 4.02. The van der Waals surface area contributed by atoms with E-state index >= 15 is 0 Å². The summed E-state index contributed by atoms with van der Waals surface area (Å²) in [5, 5.41) is 0. The molecule has 1 aliphatic rings. The number of nitrogens with zero attached hydrogens (tertiary/aromatic N) is 1. The van der Waals surface area contributed by atoms with Crippen LogP contribution in [-0.2, 0) is 0 Å². The average Bonchev–Trinajstić information content (AvgIpc) is 2.38. The minimum atomic E-state index is 0.182. The fourth-order valence-electron chi connectivity index (χ4n) is 2.68. The molecule has 1 amide bonds. The predicted molar refractivity (Wildman–Crippen MR) is 73.6 cm³/mol. The second kappa shape index (κ2) is 5.53. The molecule has 3 heteroatoms. The van der Waals surface area contributed by atoms with Gasteiger partial charge in [-0.3, -0.25) is 4.79 Å². The number of carbonyl (C=O) groups excluding carboxylic acids is 1. The molecule has 0 bridgehead atoms. The standard InChI is InChI=1S/C15H22N2O/c1-11-4-3-5-12(2)14(11)15(18)17-8-6-13(10-16)7-9-17/h3-5,13H,6-10,16H2,1-2H3. The van der Waals surface area contributed by atoms with E-state index in [1.807, 2.05) is 36.9 Å². The first-order valence-electron chi connectivity index (χ1n) is 6.69. The maximum Gasteiger partial charge on any atom is 0.254 e. The molecule has 1 fully saturated rings. The van der Waals surface area contributed by atoms with Crippen molar-refractivity contribution in [3.05, 3.63) is 34.9 Å². The molecule has 1 aromatic rings. The molecule has 18 heavy (non-hydrogen) atoms. The minimum absolute atomic E-state index is 0.182. The Balaban J connectivity index is 2.13. The van der Waals surface area contributed by atoms with Crippen LogP contribution in [0.3, 0.4) is 0 Å². The van der Waals surface area contributed by atoms with Crippen LogP contribution in [0, 0.1) is 19.8 Å². The minimum Gasteiger partial charge on any atom is -0.339 e. The van der Waals surface area contributed by atoms with Crippen molar-refractivity contribution >= 4 is 5.91 Å². The lowest BCUT2D eigenvalue weighted by atomic mass is 9.95. The van der Waals surface area contributed by atoms with Crippen LogP contribution in [0.4, 0.5) is 0 Å². The molecule has 2 N–H and O–H groups in total. The van der Waals surface area contributed by atoms with Gasteiger partial charge in [0.15, 0.2) is 0 Å². The molecule has 0 spiro atoms. The van der Waals surface area contributed by atoms with Gasteiger partial charge in [0.2, 0.25) is 0 Å². The highest BCUT2D eigenvalue weighted by atomic mass is 16.2. The zero-order chi connectivity index (χ0) is 13.1. The van der Waals surface area contributed by atoms with E-state index in [-0.39, 0.29) is 5.91 Å². The van der Waals surface area contributed by atoms with Crippen molar-refractivity contribution in [2.45, 2.75) is 26.7 Å². The van der Waals surface area contributed by atoms with E-state index in [1.54, 1.807) is 0 Å². The number of hydrogen-bond acceptors (Lipinski definition) is 2. The van der Waals surface area contributed by atoms with Crippen molar-refractivity contribution in [2.75, 3.05) is 19.6 Å². The number of benzene rings is 1. The van der Waals surface area contributed by atoms with Gasteiger partial charge in [-0.2, -0.15) is 0 Å². The fourth-order valence-corrected chi connectivity index (χ4v) is 2.68. The highest BCUT2D eigenvalue weighted by Gasteiger charge is 2.24. The van der Waals surface area contributed by atoms with E-state index in [4.69, 9.17) is 5.73 Å². The smallest absolute Gasteiger partial charge is 0.254 e. The SMILES string of the molecule is Cc1cccc(C)c1C(=O)N1CCC(CN)CC1. The first-order chi connectivity index (χ1) is 8.63. The van der Waals surface area contributed by atoms with Gasteiger partial charge in [-0.25, -0.2) is 0 Å². The normalized spacial score (nSPS) is 16.9. The third-order valence-corrected chi connectivity index (χ3v) is 3.93. The number of carbonyl (C=O) groups is 1. The summed E-state index contributed by atoms with van der Waals surface area (Å²) < 4.78 is 0. The first-order valence-corrected chi connectivity index (χ1v) is 6.69. The second-order valence-corrected chi connectivity index (χ2v) is 5.24. The molecule has 0 unspecified atom stereocenters. The summed E-state index contributed by atoms with van der Waals surface area (Å²) in [5.41, 5.74) is 8.70. The van der Waals surface area contributed by atoms with Gasteiger partial charge in [0.1, 0.15) is 0 Å². The lowest BCUT2D eigenvalue weighted by Crippen LogP contribution is -2.40. The van der Waals surface area contributed by atoms with Crippen molar-refractivity contribution in [2.24, 2.45) is 11.7 Å². The van der Waals surface area contributed by atoms with Crippen LogP contribution in [0.2, 0.25) is 0 Å². The van der Waals surface area contributed by atoms with Crippen LogP contribution < -0.4 is 5.73 Å². The van der Waals surface area contributed by atoms with Gasteiger partial charge in [0.25, 0.3) is 5.91 Å². The van der Waals surface area contributed by atoms with Crippen LogP contribution in [-0.4, -0.2) is 30.4 Å². The number of nitrogens with two attached hydrogens (primary N) is 1. The number of hydrogen-bond donors (Lipinski definition) is 1. The lowest BCUT2D eigenvalue weighted by molar-refractivity contribution is 0.0692. The third kappa shape index (κ3) is 2.56. The van der Waals surface area contributed by atoms with Gasteiger partial charge in [-0.15, -0.1) is 0 Å². The van der Waals surface area contributed by atoms with Crippen molar-refractivity contribution < 1.29 is 4.79 Å². The molecule has 1 aromatic carbocycles. The van der Waals surface area contributed by atoms with Gasteiger partial charge in [-0.1, -0.05) is 18.2 Å². The Hall–Kier alpha value is -1.35. The van der Waals surface area contributed by atoms with Crippen molar-refractivity contribution in [3.63, 3.8) is 0 Å². The largest absolute Gasteiger partial charge is 0.339 e. The summed E-state index contributed by atoms with van der Waals surface area (Å²) in [6, 6.07) is 6.02. The molecule has 1 saturated heterocycles. The molecule has 98 valence electrons. The topological polar surface area (TPSA) is 46.3 Å². The number of piperidine rings is 1. The number of rotatable bonds is 2. The molecular formula is C15H22N2O. The quantitative estimate of drug-likeness (QED) is 0.868. The van der Waals surface area contributed by atoms with E-state index in [2.05, 4.69) is 0 Å². The Morgan fingerprint density at radius 1 is 1.28 bits per heavy atom. The van der Waals surface area contributed by atoms with E-state index in [0.717, 1.165) is 49.2 Å². The van der Waals surface area contributed by atoms with Crippen LogP contribution in [0.15, 0.2) is 18.2 Å². The summed E-state index contributed by atoms with van der Waals surface area (Å²) in [7, 11) is 0. The Labute approximate surface area is 109 Å². The number of likely N-dealkylation sites (tertiary alicyclic amines) is 1. The van der Waals surface area contributed by atoms with Crippen molar-refractivity contribution in [1.82, 2.24) is 4.90 Å². The maximum absolute atomic E-state index is 12.5. The molecule has 0 atom stereocenters. The molecule has 0 saturated carbocycles. The average molecular weight is 246 g/mol. The molecule has 0 aliphatic carbocycles. The summed E-state index contributed by atoms with van der Waals surface area (Å²) in [5.74, 6) is 0.771. The van der Waals surface area contributed by atoms with E-state index in [0.29, 0.717) is 5.92 Å². The molecule has 2 rings (SSSR count). The monoisotopic (exact) mass is 246 g/mol. The van der Waals surface area contributed by atoms with Gasteiger partial charge in [-0.05, 0) is 50.3 Å². The van der Waals surface area contributed by atoms with Crippen LogP contribution >= 0.6 is 0 Å². The van der Waals surface area contributed by atoms with Gasteiger partial charge >= 0.3 is 0 Å². The lowest BCUT2D eigenvalue weighted by Gasteiger charge is -2.32. The van der Waals surface area contributed by atoms with Crippen LogP contribution in [0.25, 0.3) is 0 Å². The fraction of sp³-hybridized carbons (Fsp3) is 0.533. The van der Waals surface area contributed by atoms with Crippen molar-refractivity contribution in [1.29, 1.82) is 0 Å². The summed E-state index contributed by atoms with van der Waals surface area (Å²) in [6.07, 6.45) is 2.07. The molecule has 0 radical (unpaired) electrons. The molecule has 1 aliphatic heterocycles. The summed E-state index contributed by atoms with van der Waals surface area (Å²) in [4.78, 5) is 14.5. The maximum atomic E-state index is 12.5. The molecule has 0 aromatic heterocycles. The van der Waals surface area contributed by atoms with Gasteiger partial charge in [0, 0.05) is 18.7 Å². The van der Waals surface area contributed by atoms with Crippen LogP contribution in [0.5, 0.6) is 0 Å². The number of aryl methyl sites for hydroxylation is 2. The van der Waals surface area contributed by atoms with E-state index in [9.17, 15) is 4.79 Å². The Morgan fingerprint density at radius 3 is 2.33 bits per heavy atom. The highest BCUT2D eigenvalue weighted by Crippen LogP contribution is 2.21. The van der Waals surface area contributed by atoms with Crippen LogP contribution in [0.1, 0.15) is 34.3 Å². The Bertz CT molecular complexity index is 414. The van der Waals surface area contributed by atoms with Gasteiger partial charge < -0.3 is 10.6 Å². The van der Waals surface area contributed by atoms with E-state index in [1.165, 1.54) is 0 Å². The Morgan fingerprint density at radius 2 is 1.83 bits per heavy atom. The zero-order valence-corrected chi connectivity index (χ0v) is 11.3. The van der Waals surface area contributed by atoms with E-state index < -0.39 is 0 Å². The third-order valence-electron chi connectivity index (χ3n) is 3.93. The van der Waals surface area contributed by atoms with Gasteiger partial charge in [0.05, 0.1) is 0 Å². The zero-order valence-electron chi connectivity index (χ0n) is 11.3. The molecular weight excluding hydrogens is 224 g/mol.